The maximum Gasteiger partial charge on any atom is 0.332 e. The largest absolute Gasteiger partial charge is 0.332 e. The van der Waals surface area contributed by atoms with Gasteiger partial charge in [-0.25, -0.2) is 0 Å². The number of hydrogen-bond donors (Lipinski definition) is 2. The van der Waals surface area contributed by atoms with E-state index in [1.54, 1.807) is 0 Å². The molecule has 0 aliphatic carbocycles. The van der Waals surface area contributed by atoms with Crippen molar-refractivity contribution in [2.45, 2.75) is 135 Å². The molecule has 0 fully saturated rings. The third kappa shape index (κ3) is 13.5. The van der Waals surface area contributed by atoms with Crippen molar-refractivity contribution in [2.75, 3.05) is 0 Å². The van der Waals surface area contributed by atoms with Gasteiger partial charge in [-0.15, -0.1) is 0 Å². The van der Waals surface area contributed by atoms with Crippen LogP contribution in [0.5, 0.6) is 0 Å². The molecule has 0 saturated heterocycles. The monoisotopic (exact) mass is 452 g/mol. The van der Waals surface area contributed by atoms with E-state index in [0.717, 1.165) is 36.8 Å². The van der Waals surface area contributed by atoms with Gasteiger partial charge in [0.1, 0.15) is 0 Å². The molecule has 0 aromatic heterocycles. The maximum atomic E-state index is 12.3. The maximum absolute atomic E-state index is 12.3. The van der Waals surface area contributed by atoms with Crippen LogP contribution in [0.15, 0.2) is 24.3 Å². The van der Waals surface area contributed by atoms with Crippen LogP contribution in [0.25, 0.3) is 0 Å². The molecule has 0 bridgehead atoms. The molecule has 0 amide bonds. The van der Waals surface area contributed by atoms with Gasteiger partial charge in [0.05, 0.1) is 5.66 Å². The molecular formula is C27H49O3P. The Morgan fingerprint density at radius 2 is 1.13 bits per heavy atom. The Kier molecular flexibility index (Phi) is 16.4. The van der Waals surface area contributed by atoms with E-state index in [9.17, 15) is 14.4 Å². The summed E-state index contributed by atoms with van der Waals surface area (Å²) >= 11 is 0. The Morgan fingerprint density at radius 3 is 1.65 bits per heavy atom. The van der Waals surface area contributed by atoms with Gasteiger partial charge in [-0.1, -0.05) is 134 Å². The Balaban J connectivity index is 2.47. The van der Waals surface area contributed by atoms with E-state index >= 15 is 0 Å². The number of rotatable bonds is 20. The zero-order valence-electron chi connectivity index (χ0n) is 20.4. The fourth-order valence-electron chi connectivity index (χ4n) is 4.51. The van der Waals surface area contributed by atoms with Gasteiger partial charge in [0, 0.05) is 0 Å². The normalized spacial score (nSPS) is 12.9. The molecule has 0 heterocycles. The first-order valence-corrected chi connectivity index (χ1v) is 14.8. The van der Waals surface area contributed by atoms with E-state index in [2.05, 4.69) is 19.9 Å². The minimum absolute atomic E-state index is 0.591. The Labute approximate surface area is 192 Å². The molecular weight excluding hydrogens is 403 g/mol. The molecule has 31 heavy (non-hydrogen) atoms. The first-order valence-electron chi connectivity index (χ1n) is 13.1. The molecule has 4 heteroatoms. The van der Waals surface area contributed by atoms with Gasteiger partial charge in [-0.05, 0) is 30.4 Å². The van der Waals surface area contributed by atoms with Crippen LogP contribution < -0.4 is 0 Å². The average molecular weight is 453 g/mol. The van der Waals surface area contributed by atoms with Gasteiger partial charge in [0.15, 0.2) is 0 Å². The lowest BCUT2D eigenvalue weighted by Crippen LogP contribution is -2.05. The van der Waals surface area contributed by atoms with E-state index in [4.69, 9.17) is 0 Å². The van der Waals surface area contributed by atoms with Crippen molar-refractivity contribution < 1.29 is 14.4 Å². The van der Waals surface area contributed by atoms with Crippen LogP contribution >= 0.6 is 7.60 Å². The first-order chi connectivity index (χ1) is 15.0. The van der Waals surface area contributed by atoms with Crippen LogP contribution in [0, 0.1) is 0 Å². The highest BCUT2D eigenvalue weighted by Gasteiger charge is 2.31. The van der Waals surface area contributed by atoms with Crippen molar-refractivity contribution >= 4 is 7.60 Å². The van der Waals surface area contributed by atoms with Crippen molar-refractivity contribution in [3.8, 4) is 0 Å². The second kappa shape index (κ2) is 17.9. The molecule has 1 atom stereocenters. The molecule has 0 spiro atoms. The fourth-order valence-corrected chi connectivity index (χ4v) is 5.65. The molecule has 0 saturated carbocycles. The summed E-state index contributed by atoms with van der Waals surface area (Å²) in [6.07, 6.45) is 21.3. The lowest BCUT2D eigenvalue weighted by atomic mass is 9.96. The summed E-state index contributed by atoms with van der Waals surface area (Å²) in [7, 11) is -4.16. The first kappa shape index (κ1) is 28.4. The molecule has 180 valence electrons. The van der Waals surface area contributed by atoms with Crippen LogP contribution in [-0.2, 0) is 11.0 Å². The van der Waals surface area contributed by atoms with Gasteiger partial charge >= 0.3 is 7.60 Å². The summed E-state index contributed by atoms with van der Waals surface area (Å²) < 4.78 is 12.3. The second-order valence-corrected chi connectivity index (χ2v) is 11.1. The molecule has 2 N–H and O–H groups in total. The Bertz CT molecular complexity index is 596. The SMILES string of the molecule is CCCCCCCCCCCC(c1ccccc1CCCCCCCCC)P(=O)(O)O. The summed E-state index contributed by atoms with van der Waals surface area (Å²) in [4.78, 5) is 20.2. The summed E-state index contributed by atoms with van der Waals surface area (Å²) in [5, 5.41) is 0. The van der Waals surface area contributed by atoms with E-state index in [0.29, 0.717) is 6.42 Å². The van der Waals surface area contributed by atoms with Gasteiger partial charge in [0.25, 0.3) is 0 Å². The highest BCUT2D eigenvalue weighted by Crippen LogP contribution is 2.55. The Morgan fingerprint density at radius 1 is 0.677 bits per heavy atom. The topological polar surface area (TPSA) is 57.5 Å². The predicted molar refractivity (Wildman–Crippen MR) is 135 cm³/mol. The van der Waals surface area contributed by atoms with Gasteiger partial charge in [-0.3, -0.25) is 4.57 Å². The summed E-state index contributed by atoms with van der Waals surface area (Å²) in [5.41, 5.74) is 1.39. The standard InChI is InChI=1S/C27H49O3P/c1-3-5-7-9-11-12-14-16-18-24-27(31(28,29)30)26-23-20-19-22-25(26)21-17-15-13-10-8-6-4-2/h19-20,22-23,27H,3-18,21,24H2,1-2H3,(H2,28,29,30). The van der Waals surface area contributed by atoms with Crippen molar-refractivity contribution in [2.24, 2.45) is 0 Å². The van der Waals surface area contributed by atoms with Crippen LogP contribution in [-0.4, -0.2) is 9.79 Å². The van der Waals surface area contributed by atoms with Crippen molar-refractivity contribution in [1.29, 1.82) is 0 Å². The van der Waals surface area contributed by atoms with Crippen molar-refractivity contribution in [3.05, 3.63) is 35.4 Å². The van der Waals surface area contributed by atoms with Gasteiger partial charge < -0.3 is 9.79 Å². The van der Waals surface area contributed by atoms with E-state index < -0.39 is 13.3 Å². The molecule has 0 aliphatic heterocycles. The molecule has 1 unspecified atom stereocenters. The second-order valence-electron chi connectivity index (χ2n) is 9.29. The Hall–Kier alpha value is -0.630. The quantitative estimate of drug-likeness (QED) is 0.153. The van der Waals surface area contributed by atoms with Crippen LogP contribution in [0.3, 0.4) is 0 Å². The molecule has 0 radical (unpaired) electrons. The molecule has 0 aliphatic rings. The number of benzene rings is 1. The van der Waals surface area contributed by atoms with Gasteiger partial charge in [0.2, 0.25) is 0 Å². The van der Waals surface area contributed by atoms with Crippen molar-refractivity contribution in [1.82, 2.24) is 0 Å². The summed E-state index contributed by atoms with van der Waals surface area (Å²) in [6, 6.07) is 7.97. The van der Waals surface area contributed by atoms with E-state index in [1.165, 1.54) is 83.5 Å². The highest BCUT2D eigenvalue weighted by atomic mass is 31.2. The van der Waals surface area contributed by atoms with Gasteiger partial charge in [-0.2, -0.15) is 0 Å². The summed E-state index contributed by atoms with van der Waals surface area (Å²) in [5.74, 6) is 0. The number of aryl methyl sites for hydroxylation is 1. The molecule has 3 nitrogen and oxygen atoms in total. The number of unbranched alkanes of at least 4 members (excludes halogenated alkanes) is 14. The van der Waals surface area contributed by atoms with Crippen LogP contribution in [0.2, 0.25) is 0 Å². The minimum Gasteiger partial charge on any atom is -0.324 e. The molecule has 1 aromatic carbocycles. The molecule has 1 aromatic rings. The zero-order chi connectivity index (χ0) is 22.8. The van der Waals surface area contributed by atoms with E-state index in [1.807, 2.05) is 18.2 Å². The minimum atomic E-state index is -4.16. The predicted octanol–water partition coefficient (Wildman–Crippen LogP) is 9.12. The lowest BCUT2D eigenvalue weighted by molar-refractivity contribution is 0.353. The fraction of sp³-hybridized carbons (Fsp3) is 0.778. The number of hydrogen-bond acceptors (Lipinski definition) is 1. The third-order valence-electron chi connectivity index (χ3n) is 6.45. The average Bonchev–Trinajstić information content (AvgIpc) is 2.74. The zero-order valence-corrected chi connectivity index (χ0v) is 21.3. The smallest absolute Gasteiger partial charge is 0.324 e. The van der Waals surface area contributed by atoms with Crippen molar-refractivity contribution in [3.63, 3.8) is 0 Å². The molecule has 1 rings (SSSR count). The van der Waals surface area contributed by atoms with Crippen LogP contribution in [0.4, 0.5) is 0 Å². The highest BCUT2D eigenvalue weighted by molar-refractivity contribution is 7.52. The third-order valence-corrected chi connectivity index (χ3v) is 7.80. The van der Waals surface area contributed by atoms with Crippen LogP contribution in [0.1, 0.15) is 140 Å². The van der Waals surface area contributed by atoms with E-state index in [-0.39, 0.29) is 0 Å². The lowest BCUT2D eigenvalue weighted by Gasteiger charge is -2.22. The summed E-state index contributed by atoms with van der Waals surface area (Å²) in [6.45, 7) is 4.48.